The second-order valence-corrected chi connectivity index (χ2v) is 3.42. The first kappa shape index (κ1) is 13.1. The smallest absolute Gasteiger partial charge is 0.323 e. The number of esters is 1. The Bertz CT molecular complexity index is 434. The van der Waals surface area contributed by atoms with Crippen molar-refractivity contribution in [3.05, 3.63) is 35.4 Å². The van der Waals surface area contributed by atoms with Crippen LogP contribution in [0.4, 0.5) is 8.78 Å². The van der Waals surface area contributed by atoms with Crippen molar-refractivity contribution in [2.24, 2.45) is 5.92 Å². The van der Waals surface area contributed by atoms with E-state index >= 15 is 0 Å². The zero-order valence-electron chi connectivity index (χ0n) is 9.24. The number of hydrogen-bond donors (Lipinski definition) is 0. The minimum Gasteiger partial charge on any atom is -0.465 e. The van der Waals surface area contributed by atoms with Gasteiger partial charge in [0.1, 0.15) is 17.6 Å². The highest BCUT2D eigenvalue weighted by Gasteiger charge is 2.20. The number of halogens is 2. The Morgan fingerprint density at radius 1 is 1.41 bits per heavy atom. The summed E-state index contributed by atoms with van der Waals surface area (Å²) in [6.07, 6.45) is -0.0655. The Hall–Kier alpha value is -1.96. The number of hydrogen-bond acceptors (Lipinski definition) is 3. The van der Waals surface area contributed by atoms with Crippen molar-refractivity contribution in [3.8, 4) is 6.07 Å². The van der Waals surface area contributed by atoms with E-state index in [-0.39, 0.29) is 18.6 Å². The number of nitrogens with zero attached hydrogens (tertiary/aromatic N) is 1. The van der Waals surface area contributed by atoms with Crippen molar-refractivity contribution in [1.29, 1.82) is 5.26 Å². The van der Waals surface area contributed by atoms with Gasteiger partial charge in [0.05, 0.1) is 12.7 Å². The van der Waals surface area contributed by atoms with E-state index in [4.69, 9.17) is 5.26 Å². The van der Waals surface area contributed by atoms with Crippen LogP contribution in [0.2, 0.25) is 0 Å². The Morgan fingerprint density at radius 2 is 2.00 bits per heavy atom. The summed E-state index contributed by atoms with van der Waals surface area (Å²) in [5.41, 5.74) is 0.252. The molecule has 0 aliphatic heterocycles. The van der Waals surface area contributed by atoms with Crippen LogP contribution in [0, 0.1) is 28.9 Å². The van der Waals surface area contributed by atoms with E-state index in [1.165, 1.54) is 0 Å². The van der Waals surface area contributed by atoms with Gasteiger partial charge in [0.15, 0.2) is 0 Å². The normalized spacial score (nSPS) is 11.6. The van der Waals surface area contributed by atoms with Crippen molar-refractivity contribution >= 4 is 5.97 Å². The molecule has 5 heteroatoms. The van der Waals surface area contributed by atoms with Crippen molar-refractivity contribution < 1.29 is 18.3 Å². The molecule has 0 radical (unpaired) electrons. The fourth-order valence-corrected chi connectivity index (χ4v) is 1.39. The van der Waals surface area contributed by atoms with Gasteiger partial charge in [0.2, 0.25) is 0 Å². The Balaban J connectivity index is 2.81. The minimum atomic E-state index is -1.05. The number of nitriles is 1. The fourth-order valence-electron chi connectivity index (χ4n) is 1.39. The third-order valence-electron chi connectivity index (χ3n) is 2.09. The molecule has 1 atom stereocenters. The third kappa shape index (κ3) is 3.83. The highest BCUT2D eigenvalue weighted by atomic mass is 19.1. The number of rotatable bonds is 4. The molecule has 0 aliphatic rings. The van der Waals surface area contributed by atoms with E-state index in [9.17, 15) is 13.6 Å². The Morgan fingerprint density at radius 3 is 2.47 bits per heavy atom. The van der Waals surface area contributed by atoms with E-state index in [1.54, 1.807) is 13.0 Å². The quantitative estimate of drug-likeness (QED) is 0.757. The third-order valence-corrected chi connectivity index (χ3v) is 2.09. The van der Waals surface area contributed by atoms with Crippen molar-refractivity contribution in [2.75, 3.05) is 6.61 Å². The van der Waals surface area contributed by atoms with Gasteiger partial charge < -0.3 is 4.74 Å². The summed E-state index contributed by atoms with van der Waals surface area (Å²) in [7, 11) is 0. The van der Waals surface area contributed by atoms with Crippen molar-refractivity contribution in [2.45, 2.75) is 13.3 Å². The van der Waals surface area contributed by atoms with Gasteiger partial charge in [-0.3, -0.25) is 4.79 Å². The highest BCUT2D eigenvalue weighted by molar-refractivity contribution is 5.75. The zero-order chi connectivity index (χ0) is 12.8. The van der Waals surface area contributed by atoms with Crippen LogP contribution in [-0.4, -0.2) is 12.6 Å². The van der Waals surface area contributed by atoms with Crippen LogP contribution in [0.15, 0.2) is 18.2 Å². The summed E-state index contributed by atoms with van der Waals surface area (Å²) in [5.74, 6) is -3.20. The van der Waals surface area contributed by atoms with E-state index in [0.717, 1.165) is 18.2 Å². The number of carbonyl (C=O) groups is 1. The van der Waals surface area contributed by atoms with Gasteiger partial charge in [-0.2, -0.15) is 5.26 Å². The molecule has 1 rings (SSSR count). The Kier molecular flexibility index (Phi) is 4.58. The molecule has 0 amide bonds. The predicted molar refractivity (Wildman–Crippen MR) is 55.8 cm³/mol. The summed E-state index contributed by atoms with van der Waals surface area (Å²) in [6, 6.07) is 4.67. The molecule has 0 aromatic heterocycles. The largest absolute Gasteiger partial charge is 0.465 e. The highest BCUT2D eigenvalue weighted by Crippen LogP contribution is 2.13. The predicted octanol–water partition coefficient (Wildman–Crippen LogP) is 2.21. The van der Waals surface area contributed by atoms with Gasteiger partial charge in [0, 0.05) is 6.07 Å². The molecule has 0 aliphatic carbocycles. The second-order valence-electron chi connectivity index (χ2n) is 3.42. The summed E-state index contributed by atoms with van der Waals surface area (Å²) >= 11 is 0. The topological polar surface area (TPSA) is 50.1 Å². The SMILES string of the molecule is CCOC(=O)C(C#N)Cc1cc(F)cc(F)c1. The zero-order valence-corrected chi connectivity index (χ0v) is 9.24. The Labute approximate surface area is 97.6 Å². The first-order valence-corrected chi connectivity index (χ1v) is 5.08. The molecule has 90 valence electrons. The van der Waals surface area contributed by atoms with Crippen LogP contribution < -0.4 is 0 Å². The lowest BCUT2D eigenvalue weighted by Crippen LogP contribution is -2.18. The standard InChI is InChI=1S/C12H11F2NO2/c1-2-17-12(16)9(7-15)3-8-4-10(13)6-11(14)5-8/h4-6,9H,2-3H2,1H3. The van der Waals surface area contributed by atoms with E-state index in [2.05, 4.69) is 4.74 Å². The molecule has 0 N–H and O–H groups in total. The molecule has 0 bridgehead atoms. The molecule has 1 aromatic carbocycles. The molecular formula is C12H11F2NO2. The molecular weight excluding hydrogens is 228 g/mol. The van der Waals surface area contributed by atoms with Crippen LogP contribution in [0.3, 0.4) is 0 Å². The van der Waals surface area contributed by atoms with Gasteiger partial charge in [-0.1, -0.05) is 0 Å². The molecule has 1 unspecified atom stereocenters. The first-order chi connectivity index (χ1) is 8.06. The molecule has 17 heavy (non-hydrogen) atoms. The average molecular weight is 239 g/mol. The van der Waals surface area contributed by atoms with E-state index < -0.39 is 23.5 Å². The number of benzene rings is 1. The second kappa shape index (κ2) is 5.94. The molecule has 0 spiro atoms. The average Bonchev–Trinajstić information content (AvgIpc) is 2.24. The summed E-state index contributed by atoms with van der Waals surface area (Å²) in [5, 5.41) is 8.78. The molecule has 0 saturated carbocycles. The molecule has 3 nitrogen and oxygen atoms in total. The van der Waals surface area contributed by atoms with Gasteiger partial charge in [-0.05, 0) is 31.0 Å². The van der Waals surface area contributed by atoms with Gasteiger partial charge >= 0.3 is 5.97 Å². The van der Waals surface area contributed by atoms with E-state index in [1.807, 2.05) is 0 Å². The summed E-state index contributed by atoms with van der Waals surface area (Å²) in [6.45, 7) is 1.78. The maximum absolute atomic E-state index is 12.9. The van der Waals surface area contributed by atoms with Crippen LogP contribution in [0.5, 0.6) is 0 Å². The molecule has 0 saturated heterocycles. The monoisotopic (exact) mass is 239 g/mol. The summed E-state index contributed by atoms with van der Waals surface area (Å²) < 4.78 is 30.5. The molecule has 0 heterocycles. The first-order valence-electron chi connectivity index (χ1n) is 5.08. The van der Waals surface area contributed by atoms with Gasteiger partial charge in [-0.15, -0.1) is 0 Å². The lowest BCUT2D eigenvalue weighted by Gasteiger charge is -2.08. The van der Waals surface area contributed by atoms with Crippen LogP contribution in [0.25, 0.3) is 0 Å². The van der Waals surface area contributed by atoms with Crippen molar-refractivity contribution in [3.63, 3.8) is 0 Å². The molecule has 1 aromatic rings. The fraction of sp³-hybridized carbons (Fsp3) is 0.333. The van der Waals surface area contributed by atoms with Crippen LogP contribution in [-0.2, 0) is 16.0 Å². The lowest BCUT2D eigenvalue weighted by molar-refractivity contribution is -0.145. The lowest BCUT2D eigenvalue weighted by atomic mass is 10.0. The minimum absolute atomic E-state index is 0.0655. The van der Waals surface area contributed by atoms with Crippen molar-refractivity contribution in [1.82, 2.24) is 0 Å². The van der Waals surface area contributed by atoms with Gasteiger partial charge in [0.25, 0.3) is 0 Å². The maximum atomic E-state index is 12.9. The number of carbonyl (C=O) groups excluding carboxylic acids is 1. The van der Waals surface area contributed by atoms with E-state index in [0.29, 0.717) is 0 Å². The van der Waals surface area contributed by atoms with Crippen LogP contribution >= 0.6 is 0 Å². The maximum Gasteiger partial charge on any atom is 0.323 e. The van der Waals surface area contributed by atoms with Crippen LogP contribution in [0.1, 0.15) is 12.5 Å². The number of ether oxygens (including phenoxy) is 1. The summed E-state index contributed by atoms with van der Waals surface area (Å²) in [4.78, 5) is 11.3. The molecule has 0 fully saturated rings. The van der Waals surface area contributed by atoms with Gasteiger partial charge in [-0.25, -0.2) is 8.78 Å².